The number of benzene rings is 1. The van der Waals surface area contributed by atoms with E-state index in [9.17, 15) is 9.18 Å². The third kappa shape index (κ3) is 3.33. The van der Waals surface area contributed by atoms with Crippen molar-refractivity contribution in [2.45, 2.75) is 6.10 Å². The fourth-order valence-electron chi connectivity index (χ4n) is 2.30. The standard InChI is InChI=1S/C15H13BrFNO2S/c16-14-6-5-13(21-14)15(19)18-7-8-20-12(9-18)10-1-3-11(17)4-2-10/h1-6,12H,7-9H2. The summed E-state index contributed by atoms with van der Waals surface area (Å²) in [6.07, 6.45) is -0.202. The van der Waals surface area contributed by atoms with Crippen molar-refractivity contribution >= 4 is 33.2 Å². The molecule has 2 heterocycles. The van der Waals surface area contributed by atoms with Gasteiger partial charge in [0.1, 0.15) is 11.9 Å². The second-order valence-corrected chi connectivity index (χ2v) is 7.23. The molecule has 1 aliphatic heterocycles. The van der Waals surface area contributed by atoms with Gasteiger partial charge in [-0.3, -0.25) is 4.79 Å². The van der Waals surface area contributed by atoms with Gasteiger partial charge in [-0.15, -0.1) is 11.3 Å². The van der Waals surface area contributed by atoms with E-state index < -0.39 is 0 Å². The van der Waals surface area contributed by atoms with Gasteiger partial charge in [-0.25, -0.2) is 4.39 Å². The minimum atomic E-state index is -0.272. The zero-order valence-electron chi connectivity index (χ0n) is 11.1. The number of morpholine rings is 1. The maximum atomic E-state index is 13.0. The normalized spacial score (nSPS) is 18.8. The first-order chi connectivity index (χ1) is 10.1. The van der Waals surface area contributed by atoms with E-state index in [0.717, 1.165) is 9.35 Å². The molecule has 0 aliphatic carbocycles. The van der Waals surface area contributed by atoms with Crippen LogP contribution < -0.4 is 0 Å². The van der Waals surface area contributed by atoms with E-state index in [4.69, 9.17) is 4.74 Å². The average molecular weight is 370 g/mol. The summed E-state index contributed by atoms with van der Waals surface area (Å²) in [5.74, 6) is -0.257. The maximum Gasteiger partial charge on any atom is 0.264 e. The van der Waals surface area contributed by atoms with Crippen LogP contribution in [-0.4, -0.2) is 30.5 Å². The van der Waals surface area contributed by atoms with E-state index in [1.165, 1.54) is 23.5 Å². The maximum absolute atomic E-state index is 13.0. The number of amides is 1. The monoisotopic (exact) mass is 369 g/mol. The molecule has 0 N–H and O–H groups in total. The van der Waals surface area contributed by atoms with E-state index in [1.54, 1.807) is 17.0 Å². The van der Waals surface area contributed by atoms with Crippen molar-refractivity contribution in [2.24, 2.45) is 0 Å². The van der Waals surface area contributed by atoms with Gasteiger partial charge >= 0.3 is 0 Å². The lowest BCUT2D eigenvalue weighted by Gasteiger charge is -2.33. The summed E-state index contributed by atoms with van der Waals surface area (Å²) in [5.41, 5.74) is 0.890. The first-order valence-electron chi connectivity index (χ1n) is 6.55. The topological polar surface area (TPSA) is 29.5 Å². The third-order valence-corrected chi connectivity index (χ3v) is 4.99. The van der Waals surface area contributed by atoms with Crippen LogP contribution in [0.2, 0.25) is 0 Å². The molecule has 110 valence electrons. The van der Waals surface area contributed by atoms with Gasteiger partial charge < -0.3 is 9.64 Å². The highest BCUT2D eigenvalue weighted by Gasteiger charge is 2.26. The summed E-state index contributed by atoms with van der Waals surface area (Å²) in [4.78, 5) is 14.9. The Morgan fingerprint density at radius 3 is 2.71 bits per heavy atom. The van der Waals surface area contributed by atoms with Crippen LogP contribution in [0.4, 0.5) is 4.39 Å². The predicted octanol–water partition coefficient (Wildman–Crippen LogP) is 3.86. The summed E-state index contributed by atoms with van der Waals surface area (Å²) in [5, 5.41) is 0. The van der Waals surface area contributed by atoms with Crippen LogP contribution in [-0.2, 0) is 4.74 Å². The molecule has 6 heteroatoms. The highest BCUT2D eigenvalue weighted by atomic mass is 79.9. The van der Waals surface area contributed by atoms with Crippen molar-refractivity contribution in [1.82, 2.24) is 4.90 Å². The van der Waals surface area contributed by atoms with E-state index in [0.29, 0.717) is 24.6 Å². The quantitative estimate of drug-likeness (QED) is 0.804. The molecular weight excluding hydrogens is 357 g/mol. The molecule has 2 aromatic rings. The summed E-state index contributed by atoms with van der Waals surface area (Å²) in [7, 11) is 0. The van der Waals surface area contributed by atoms with Crippen LogP contribution in [0.5, 0.6) is 0 Å². The second-order valence-electron chi connectivity index (χ2n) is 4.77. The number of nitrogens with zero attached hydrogens (tertiary/aromatic N) is 1. The molecule has 0 saturated carbocycles. The smallest absolute Gasteiger partial charge is 0.264 e. The van der Waals surface area contributed by atoms with Gasteiger partial charge in [0.2, 0.25) is 0 Å². The summed E-state index contributed by atoms with van der Waals surface area (Å²) >= 11 is 4.79. The fourth-order valence-corrected chi connectivity index (χ4v) is 3.65. The van der Waals surface area contributed by atoms with Crippen LogP contribution in [0.1, 0.15) is 21.3 Å². The highest BCUT2D eigenvalue weighted by Crippen LogP contribution is 2.27. The van der Waals surface area contributed by atoms with Crippen molar-refractivity contribution in [3.05, 3.63) is 56.4 Å². The Bertz CT molecular complexity index is 643. The molecule has 21 heavy (non-hydrogen) atoms. The van der Waals surface area contributed by atoms with Crippen molar-refractivity contribution in [3.8, 4) is 0 Å². The lowest BCUT2D eigenvalue weighted by molar-refractivity contribution is -0.0226. The predicted molar refractivity (Wildman–Crippen MR) is 83.0 cm³/mol. The Labute approximate surface area is 134 Å². The molecule has 3 rings (SSSR count). The van der Waals surface area contributed by atoms with Crippen LogP contribution in [0.15, 0.2) is 40.2 Å². The molecule has 0 spiro atoms. The number of hydrogen-bond acceptors (Lipinski definition) is 3. The van der Waals surface area contributed by atoms with Gasteiger partial charge in [-0.05, 0) is 45.8 Å². The van der Waals surface area contributed by atoms with E-state index in [2.05, 4.69) is 15.9 Å². The molecule has 1 amide bonds. The molecule has 1 fully saturated rings. The lowest BCUT2D eigenvalue weighted by atomic mass is 10.1. The molecular formula is C15H13BrFNO2S. The number of thiophene rings is 1. The highest BCUT2D eigenvalue weighted by molar-refractivity contribution is 9.11. The Balaban J connectivity index is 1.73. The zero-order chi connectivity index (χ0) is 14.8. The minimum Gasteiger partial charge on any atom is -0.370 e. The summed E-state index contributed by atoms with van der Waals surface area (Å²) in [6.45, 7) is 1.55. The molecule has 0 bridgehead atoms. The van der Waals surface area contributed by atoms with Crippen molar-refractivity contribution in [2.75, 3.05) is 19.7 Å². The Morgan fingerprint density at radius 1 is 1.29 bits per heavy atom. The van der Waals surface area contributed by atoms with Crippen LogP contribution in [0.25, 0.3) is 0 Å². The third-order valence-electron chi connectivity index (χ3n) is 3.38. The molecule has 0 radical (unpaired) electrons. The van der Waals surface area contributed by atoms with Crippen molar-refractivity contribution < 1.29 is 13.9 Å². The molecule has 1 aromatic carbocycles. The molecule has 1 aliphatic rings. The van der Waals surface area contributed by atoms with Gasteiger partial charge in [0, 0.05) is 6.54 Å². The summed E-state index contributed by atoms with van der Waals surface area (Å²) in [6, 6.07) is 9.92. The number of halogens is 2. The average Bonchev–Trinajstić information content (AvgIpc) is 2.94. The number of hydrogen-bond donors (Lipinski definition) is 0. The number of rotatable bonds is 2. The van der Waals surface area contributed by atoms with Gasteiger partial charge in [0.25, 0.3) is 5.91 Å². The first-order valence-corrected chi connectivity index (χ1v) is 8.16. The van der Waals surface area contributed by atoms with Crippen LogP contribution >= 0.6 is 27.3 Å². The zero-order valence-corrected chi connectivity index (χ0v) is 13.5. The van der Waals surface area contributed by atoms with Gasteiger partial charge in [-0.2, -0.15) is 0 Å². The van der Waals surface area contributed by atoms with E-state index in [1.807, 2.05) is 12.1 Å². The number of ether oxygens (including phenoxy) is 1. The second kappa shape index (κ2) is 6.25. The molecule has 1 aromatic heterocycles. The van der Waals surface area contributed by atoms with Gasteiger partial charge in [0.15, 0.2) is 0 Å². The van der Waals surface area contributed by atoms with Crippen LogP contribution in [0.3, 0.4) is 0 Å². The first kappa shape index (κ1) is 14.7. The van der Waals surface area contributed by atoms with Crippen molar-refractivity contribution in [1.29, 1.82) is 0 Å². The fraction of sp³-hybridized carbons (Fsp3) is 0.267. The van der Waals surface area contributed by atoms with Crippen molar-refractivity contribution in [3.63, 3.8) is 0 Å². The van der Waals surface area contributed by atoms with Gasteiger partial charge in [-0.1, -0.05) is 12.1 Å². The summed E-state index contributed by atoms with van der Waals surface area (Å²) < 4.78 is 19.6. The number of carbonyl (C=O) groups excluding carboxylic acids is 1. The lowest BCUT2D eigenvalue weighted by Crippen LogP contribution is -2.42. The minimum absolute atomic E-state index is 0.0149. The Morgan fingerprint density at radius 2 is 2.05 bits per heavy atom. The SMILES string of the molecule is O=C(c1ccc(Br)s1)N1CCOC(c2ccc(F)cc2)C1. The molecule has 3 nitrogen and oxygen atoms in total. The molecule has 1 atom stereocenters. The Kier molecular flexibility index (Phi) is 4.37. The Hall–Kier alpha value is -1.24. The van der Waals surface area contributed by atoms with Gasteiger partial charge in [0.05, 0.1) is 21.8 Å². The van der Waals surface area contributed by atoms with E-state index >= 15 is 0 Å². The molecule has 1 unspecified atom stereocenters. The van der Waals surface area contributed by atoms with E-state index in [-0.39, 0.29) is 17.8 Å². The molecule has 1 saturated heterocycles. The largest absolute Gasteiger partial charge is 0.370 e. The number of carbonyl (C=O) groups is 1. The van der Waals surface area contributed by atoms with Crippen LogP contribution in [0, 0.1) is 5.82 Å².